The lowest BCUT2D eigenvalue weighted by Crippen LogP contribution is -2.50. The number of H-pyrrole nitrogens is 1. The highest BCUT2D eigenvalue weighted by atomic mass is 16.4. The van der Waals surface area contributed by atoms with Gasteiger partial charge in [-0.2, -0.15) is 0 Å². The molecule has 1 saturated heterocycles. The summed E-state index contributed by atoms with van der Waals surface area (Å²) in [7, 11) is 0. The lowest BCUT2D eigenvalue weighted by molar-refractivity contribution is -0.140. The average Bonchev–Trinajstić information content (AvgIpc) is 3.31. The summed E-state index contributed by atoms with van der Waals surface area (Å²) in [5, 5.41) is 31.7. The molecule has 1 aliphatic rings. The fourth-order valence-electron chi connectivity index (χ4n) is 4.91. The standard InChI is InChI=1S/C27H38N6O8/c34-19-21(13-20-14-28-23-4-2-1-3-22(20)23)29-24(35)15-30-5-7-31(16-25(36)37)9-11-33(18-27(40)41)12-10-32(8-6-30)17-26(38)39/h1-4,14,19,21,28H,5-13,15-18H2,(H,29,35)(H,36,37)(H,38,39)(H,40,41). The quantitative estimate of drug-likeness (QED) is 0.192. The van der Waals surface area contributed by atoms with Crippen LogP contribution in [0.3, 0.4) is 0 Å². The Balaban J connectivity index is 1.68. The third-order valence-corrected chi connectivity index (χ3v) is 7.00. The molecule has 3 rings (SSSR count). The normalized spacial score (nSPS) is 17.8. The zero-order chi connectivity index (χ0) is 29.8. The van der Waals surface area contributed by atoms with Crippen LogP contribution in [0, 0.1) is 0 Å². The average molecular weight is 575 g/mol. The second-order valence-corrected chi connectivity index (χ2v) is 10.2. The Hall–Kier alpha value is -3.85. The van der Waals surface area contributed by atoms with E-state index in [0.717, 1.165) is 16.5 Å². The van der Waals surface area contributed by atoms with Gasteiger partial charge in [0.15, 0.2) is 0 Å². The van der Waals surface area contributed by atoms with E-state index in [-0.39, 0.29) is 58.3 Å². The first-order valence-electron chi connectivity index (χ1n) is 13.5. The Morgan fingerprint density at radius 3 is 1.63 bits per heavy atom. The number of nitrogens with zero attached hydrogens (tertiary/aromatic N) is 4. The lowest BCUT2D eigenvalue weighted by atomic mass is 10.1. The molecule has 0 spiro atoms. The summed E-state index contributed by atoms with van der Waals surface area (Å²) in [6, 6.07) is 6.92. The molecule has 0 bridgehead atoms. The third-order valence-electron chi connectivity index (χ3n) is 7.00. The summed E-state index contributed by atoms with van der Waals surface area (Å²) in [6.45, 7) is 1.57. The van der Waals surface area contributed by atoms with Crippen LogP contribution in [0.5, 0.6) is 0 Å². The molecule has 14 nitrogen and oxygen atoms in total. The Bertz CT molecular complexity index is 1170. The van der Waals surface area contributed by atoms with E-state index in [0.29, 0.717) is 38.9 Å². The number of nitrogens with one attached hydrogen (secondary N) is 2. The maximum atomic E-state index is 13.0. The van der Waals surface area contributed by atoms with Gasteiger partial charge in [-0.25, -0.2) is 0 Å². The molecule has 41 heavy (non-hydrogen) atoms. The van der Waals surface area contributed by atoms with Gasteiger partial charge in [0.25, 0.3) is 0 Å². The molecular weight excluding hydrogens is 536 g/mol. The zero-order valence-corrected chi connectivity index (χ0v) is 22.9. The molecule has 0 radical (unpaired) electrons. The fraction of sp³-hybridized carbons (Fsp3) is 0.519. The molecular formula is C27H38N6O8. The van der Waals surface area contributed by atoms with E-state index in [4.69, 9.17) is 0 Å². The predicted octanol–water partition coefficient (Wildman–Crippen LogP) is -1.13. The van der Waals surface area contributed by atoms with E-state index in [1.165, 1.54) is 0 Å². The minimum atomic E-state index is -1.03. The zero-order valence-electron chi connectivity index (χ0n) is 22.9. The molecule has 1 amide bonds. The number of para-hydroxylation sites is 1. The number of aliphatic carboxylic acids is 3. The van der Waals surface area contributed by atoms with Gasteiger partial charge in [0.05, 0.1) is 32.2 Å². The van der Waals surface area contributed by atoms with Crippen molar-refractivity contribution in [1.82, 2.24) is 29.9 Å². The highest BCUT2D eigenvalue weighted by molar-refractivity contribution is 5.85. The lowest BCUT2D eigenvalue weighted by Gasteiger charge is -2.33. The Morgan fingerprint density at radius 1 is 0.756 bits per heavy atom. The fourth-order valence-corrected chi connectivity index (χ4v) is 4.91. The van der Waals surface area contributed by atoms with E-state index in [1.54, 1.807) is 14.7 Å². The molecule has 1 atom stereocenters. The van der Waals surface area contributed by atoms with Crippen molar-refractivity contribution in [3.8, 4) is 0 Å². The molecule has 5 N–H and O–H groups in total. The van der Waals surface area contributed by atoms with Gasteiger partial charge in [-0.3, -0.25) is 38.8 Å². The Morgan fingerprint density at radius 2 is 1.20 bits per heavy atom. The van der Waals surface area contributed by atoms with Crippen LogP contribution in [0.15, 0.2) is 30.5 Å². The minimum absolute atomic E-state index is 0.0643. The monoisotopic (exact) mass is 574 g/mol. The molecule has 2 heterocycles. The number of rotatable bonds is 12. The maximum absolute atomic E-state index is 13.0. The largest absolute Gasteiger partial charge is 0.480 e. The van der Waals surface area contributed by atoms with Crippen LogP contribution in [0.2, 0.25) is 0 Å². The molecule has 1 aliphatic heterocycles. The number of carboxylic acids is 3. The van der Waals surface area contributed by atoms with Gasteiger partial charge >= 0.3 is 17.9 Å². The molecule has 2 aromatic rings. The van der Waals surface area contributed by atoms with Crippen molar-refractivity contribution in [2.75, 3.05) is 78.5 Å². The number of carbonyl (C=O) groups is 5. The molecule has 14 heteroatoms. The van der Waals surface area contributed by atoms with Crippen molar-refractivity contribution >= 4 is 41.0 Å². The van der Waals surface area contributed by atoms with E-state index >= 15 is 0 Å². The Kier molecular flexibility index (Phi) is 12.2. The molecule has 1 aromatic heterocycles. The van der Waals surface area contributed by atoms with E-state index in [2.05, 4.69) is 10.3 Å². The van der Waals surface area contributed by atoms with Crippen LogP contribution in [0.1, 0.15) is 5.56 Å². The number of hydrogen-bond donors (Lipinski definition) is 5. The van der Waals surface area contributed by atoms with Crippen LogP contribution in [0.25, 0.3) is 10.9 Å². The second-order valence-electron chi connectivity index (χ2n) is 10.2. The second kappa shape index (κ2) is 15.8. The first-order chi connectivity index (χ1) is 19.6. The number of aldehydes is 1. The van der Waals surface area contributed by atoms with Gasteiger partial charge < -0.3 is 30.4 Å². The molecule has 1 aromatic carbocycles. The molecule has 224 valence electrons. The number of benzene rings is 1. The first kappa shape index (κ1) is 31.7. The number of carbonyl (C=O) groups excluding carboxylic acids is 2. The summed E-state index contributed by atoms with van der Waals surface area (Å²) >= 11 is 0. The van der Waals surface area contributed by atoms with E-state index in [9.17, 15) is 39.3 Å². The molecule has 0 saturated carbocycles. The highest BCUT2D eigenvalue weighted by Crippen LogP contribution is 2.18. The summed E-state index contributed by atoms with van der Waals surface area (Å²) in [5.74, 6) is -3.45. The number of aromatic nitrogens is 1. The molecule has 1 unspecified atom stereocenters. The van der Waals surface area contributed by atoms with Crippen molar-refractivity contribution in [2.45, 2.75) is 12.5 Å². The van der Waals surface area contributed by atoms with Crippen molar-refractivity contribution in [3.63, 3.8) is 0 Å². The smallest absolute Gasteiger partial charge is 0.317 e. The van der Waals surface area contributed by atoms with Crippen molar-refractivity contribution in [2.24, 2.45) is 0 Å². The van der Waals surface area contributed by atoms with Crippen molar-refractivity contribution in [3.05, 3.63) is 36.0 Å². The van der Waals surface area contributed by atoms with E-state index in [1.807, 2.05) is 35.4 Å². The third kappa shape index (κ3) is 10.9. The first-order valence-corrected chi connectivity index (χ1v) is 13.5. The number of fused-ring (bicyclic) bond motifs is 1. The van der Waals surface area contributed by atoms with Crippen LogP contribution < -0.4 is 5.32 Å². The minimum Gasteiger partial charge on any atom is -0.480 e. The van der Waals surface area contributed by atoms with Crippen LogP contribution in [0.4, 0.5) is 0 Å². The Labute approximate surface area is 237 Å². The van der Waals surface area contributed by atoms with Crippen LogP contribution in [-0.2, 0) is 30.4 Å². The van der Waals surface area contributed by atoms with Crippen molar-refractivity contribution in [1.29, 1.82) is 0 Å². The molecule has 0 aliphatic carbocycles. The highest BCUT2D eigenvalue weighted by Gasteiger charge is 2.22. The van der Waals surface area contributed by atoms with Crippen LogP contribution >= 0.6 is 0 Å². The van der Waals surface area contributed by atoms with Gasteiger partial charge in [-0.1, -0.05) is 18.2 Å². The van der Waals surface area contributed by atoms with Gasteiger partial charge in [-0.05, 0) is 11.6 Å². The topological polar surface area (TPSA) is 187 Å². The summed E-state index contributed by atoms with van der Waals surface area (Å²) in [6.07, 6.45) is 2.82. The van der Waals surface area contributed by atoms with Gasteiger partial charge in [-0.15, -0.1) is 0 Å². The summed E-state index contributed by atoms with van der Waals surface area (Å²) in [4.78, 5) is 69.1. The van der Waals surface area contributed by atoms with Crippen LogP contribution in [-0.4, -0.2) is 155 Å². The summed E-state index contributed by atoms with van der Waals surface area (Å²) < 4.78 is 0. The summed E-state index contributed by atoms with van der Waals surface area (Å²) in [5.41, 5.74) is 1.83. The maximum Gasteiger partial charge on any atom is 0.317 e. The predicted molar refractivity (Wildman–Crippen MR) is 149 cm³/mol. The van der Waals surface area contributed by atoms with Gasteiger partial charge in [0.2, 0.25) is 5.91 Å². The number of aromatic amines is 1. The van der Waals surface area contributed by atoms with Gasteiger partial charge in [0.1, 0.15) is 6.29 Å². The SMILES string of the molecule is O=CC(Cc1c[nH]c2ccccc12)NC(=O)CN1CCN(CC(=O)O)CCN(CC(=O)O)CCN(CC(=O)O)CC1. The molecule has 1 fully saturated rings. The number of carboxylic acid groups (broad SMARTS) is 3. The van der Waals surface area contributed by atoms with Crippen molar-refractivity contribution < 1.29 is 39.3 Å². The number of amides is 1. The number of hydrogen-bond acceptors (Lipinski definition) is 9. The van der Waals surface area contributed by atoms with Gasteiger partial charge in [0, 0.05) is 75.9 Å². The van der Waals surface area contributed by atoms with E-state index < -0.39 is 23.9 Å².